The van der Waals surface area contributed by atoms with Crippen molar-refractivity contribution in [3.8, 4) is 0 Å². The second-order valence-electron chi connectivity index (χ2n) is 6.82. The molecule has 3 aliphatic carbocycles. The molecular weight excluding hydrogens is 258 g/mol. The van der Waals surface area contributed by atoms with E-state index in [1.54, 1.807) is 0 Å². The molecule has 2 nitrogen and oxygen atoms in total. The predicted molar refractivity (Wildman–Crippen MR) is 72.5 cm³/mol. The van der Waals surface area contributed by atoms with E-state index in [1.807, 2.05) is 0 Å². The number of benzene rings is 1. The Kier molecular flexibility index (Phi) is 2.86. The lowest BCUT2D eigenvalue weighted by atomic mass is 9.93. The van der Waals surface area contributed by atoms with Crippen molar-refractivity contribution in [2.75, 3.05) is 0 Å². The molecule has 0 aromatic heterocycles. The number of nitrogens with two attached hydrogens (primary N) is 1. The maximum absolute atomic E-state index is 13.3. The molecule has 20 heavy (non-hydrogen) atoms. The third-order valence-corrected chi connectivity index (χ3v) is 5.85. The van der Waals surface area contributed by atoms with Crippen LogP contribution in [0.5, 0.6) is 0 Å². The Hall–Kier alpha value is -1.00. The molecule has 5 unspecified atom stereocenters. The van der Waals surface area contributed by atoms with Gasteiger partial charge in [-0.05, 0) is 73.0 Å². The molecule has 0 spiro atoms. The van der Waals surface area contributed by atoms with Gasteiger partial charge in [-0.2, -0.15) is 0 Å². The highest BCUT2D eigenvalue weighted by molar-refractivity contribution is 5.22. The lowest BCUT2D eigenvalue weighted by molar-refractivity contribution is 0.364. The summed E-state index contributed by atoms with van der Waals surface area (Å²) in [5, 5.41) is 0. The van der Waals surface area contributed by atoms with E-state index in [9.17, 15) is 8.78 Å². The van der Waals surface area contributed by atoms with Crippen LogP contribution in [0.1, 0.15) is 24.8 Å². The van der Waals surface area contributed by atoms with E-state index >= 15 is 0 Å². The van der Waals surface area contributed by atoms with Crippen molar-refractivity contribution in [1.29, 1.82) is 0 Å². The lowest BCUT2D eigenvalue weighted by Gasteiger charge is -2.20. The largest absolute Gasteiger partial charge is 0.271 e. The van der Waals surface area contributed by atoms with E-state index in [0.29, 0.717) is 17.9 Å². The first-order valence-electron chi connectivity index (χ1n) is 7.58. The highest BCUT2D eigenvalue weighted by Gasteiger charge is 2.66. The van der Waals surface area contributed by atoms with E-state index in [4.69, 9.17) is 5.84 Å². The highest BCUT2D eigenvalue weighted by atomic mass is 19.1. The van der Waals surface area contributed by atoms with Gasteiger partial charge >= 0.3 is 0 Å². The van der Waals surface area contributed by atoms with Crippen LogP contribution in [0.2, 0.25) is 0 Å². The van der Waals surface area contributed by atoms with Crippen LogP contribution in [0.4, 0.5) is 8.78 Å². The number of fused-ring (bicyclic) bond motifs is 5. The second kappa shape index (κ2) is 4.50. The number of hydrogen-bond acceptors (Lipinski definition) is 2. The van der Waals surface area contributed by atoms with Crippen LogP contribution < -0.4 is 11.3 Å². The minimum Gasteiger partial charge on any atom is -0.271 e. The molecule has 2 bridgehead atoms. The Balaban J connectivity index is 1.50. The fourth-order valence-corrected chi connectivity index (χ4v) is 5.22. The van der Waals surface area contributed by atoms with Crippen LogP contribution in [0.25, 0.3) is 0 Å². The molecule has 4 rings (SSSR count). The monoisotopic (exact) mass is 278 g/mol. The minimum absolute atomic E-state index is 0.148. The Morgan fingerprint density at radius 1 is 1.10 bits per heavy atom. The quantitative estimate of drug-likeness (QED) is 0.656. The zero-order valence-electron chi connectivity index (χ0n) is 11.4. The number of rotatable bonds is 4. The van der Waals surface area contributed by atoms with Crippen LogP contribution in [0.3, 0.4) is 0 Å². The smallest absolute Gasteiger partial charge is 0.126 e. The molecule has 108 valence electrons. The number of halogens is 2. The highest BCUT2D eigenvalue weighted by Crippen LogP contribution is 2.70. The summed E-state index contributed by atoms with van der Waals surface area (Å²) in [5.74, 6) is 8.70. The zero-order valence-corrected chi connectivity index (χ0v) is 11.4. The van der Waals surface area contributed by atoms with Crippen molar-refractivity contribution in [2.45, 2.75) is 31.7 Å². The van der Waals surface area contributed by atoms with Crippen molar-refractivity contribution in [1.82, 2.24) is 5.43 Å². The summed E-state index contributed by atoms with van der Waals surface area (Å²) in [7, 11) is 0. The van der Waals surface area contributed by atoms with E-state index in [-0.39, 0.29) is 6.04 Å². The van der Waals surface area contributed by atoms with Crippen molar-refractivity contribution in [3.63, 3.8) is 0 Å². The van der Waals surface area contributed by atoms with E-state index in [1.165, 1.54) is 31.4 Å². The van der Waals surface area contributed by atoms with Gasteiger partial charge in [0.2, 0.25) is 0 Å². The summed E-state index contributed by atoms with van der Waals surface area (Å²) in [5.41, 5.74) is 3.60. The maximum atomic E-state index is 13.3. The summed E-state index contributed by atoms with van der Waals surface area (Å²) >= 11 is 0. The number of nitrogens with one attached hydrogen (secondary N) is 1. The summed E-state index contributed by atoms with van der Waals surface area (Å²) in [6, 6.07) is 3.90. The Morgan fingerprint density at radius 3 is 2.25 bits per heavy atom. The minimum atomic E-state index is -0.508. The summed E-state index contributed by atoms with van der Waals surface area (Å²) < 4.78 is 26.5. The molecule has 0 radical (unpaired) electrons. The van der Waals surface area contributed by atoms with Crippen molar-refractivity contribution < 1.29 is 8.78 Å². The Morgan fingerprint density at radius 2 is 1.70 bits per heavy atom. The van der Waals surface area contributed by atoms with Gasteiger partial charge in [-0.15, -0.1) is 0 Å². The molecule has 3 aliphatic rings. The molecular formula is C16H20F2N2. The topological polar surface area (TPSA) is 38.0 Å². The molecule has 0 amide bonds. The summed E-state index contributed by atoms with van der Waals surface area (Å²) in [4.78, 5) is 0. The first-order valence-corrected chi connectivity index (χ1v) is 7.58. The lowest BCUT2D eigenvalue weighted by Crippen LogP contribution is -2.40. The first kappa shape index (κ1) is 12.7. The van der Waals surface area contributed by atoms with E-state index in [0.717, 1.165) is 29.7 Å². The molecule has 3 saturated carbocycles. The molecule has 0 heterocycles. The third-order valence-electron chi connectivity index (χ3n) is 5.85. The normalized spacial score (nSPS) is 38.9. The molecule has 1 aromatic rings. The standard InChI is InChI=1S/C16H20F2N2/c17-11-3-8(4-12(18)7-11)5-13(20-19)16-14-9-1-2-10(6-9)15(14)16/h3-4,7,9-10,13-16,20H,1-2,5-6,19H2. The van der Waals surface area contributed by atoms with Gasteiger partial charge in [0.15, 0.2) is 0 Å². The van der Waals surface area contributed by atoms with Crippen LogP contribution in [0.15, 0.2) is 18.2 Å². The number of hydrazine groups is 1. The fourth-order valence-electron chi connectivity index (χ4n) is 5.22. The van der Waals surface area contributed by atoms with E-state index in [2.05, 4.69) is 5.43 Å². The molecule has 3 fully saturated rings. The molecule has 3 N–H and O–H groups in total. The molecule has 0 aliphatic heterocycles. The van der Waals surface area contributed by atoms with Gasteiger partial charge in [0, 0.05) is 12.1 Å². The molecule has 0 saturated heterocycles. The van der Waals surface area contributed by atoms with Gasteiger partial charge in [0.25, 0.3) is 0 Å². The molecule has 1 aromatic carbocycles. The molecule has 5 atom stereocenters. The SMILES string of the molecule is NNC(Cc1cc(F)cc(F)c1)C1C2C3CCC(C3)C21. The van der Waals surface area contributed by atoms with Gasteiger partial charge in [-0.25, -0.2) is 8.78 Å². The first-order chi connectivity index (χ1) is 9.67. The van der Waals surface area contributed by atoms with Gasteiger partial charge < -0.3 is 0 Å². The van der Waals surface area contributed by atoms with Crippen molar-refractivity contribution in [2.24, 2.45) is 35.4 Å². The maximum Gasteiger partial charge on any atom is 0.126 e. The van der Waals surface area contributed by atoms with E-state index < -0.39 is 11.6 Å². The van der Waals surface area contributed by atoms with Crippen molar-refractivity contribution in [3.05, 3.63) is 35.4 Å². The van der Waals surface area contributed by atoms with Crippen LogP contribution in [0, 0.1) is 41.2 Å². The summed E-state index contributed by atoms with van der Waals surface area (Å²) in [6.07, 6.45) is 4.75. The third kappa shape index (κ3) is 1.89. The van der Waals surface area contributed by atoms with Crippen LogP contribution >= 0.6 is 0 Å². The van der Waals surface area contributed by atoms with Crippen molar-refractivity contribution >= 4 is 0 Å². The van der Waals surface area contributed by atoms with Gasteiger partial charge in [-0.1, -0.05) is 0 Å². The van der Waals surface area contributed by atoms with Crippen LogP contribution in [-0.2, 0) is 6.42 Å². The van der Waals surface area contributed by atoms with Gasteiger partial charge in [0.05, 0.1) is 0 Å². The average Bonchev–Trinajstić information content (AvgIpc) is 2.82. The van der Waals surface area contributed by atoms with Gasteiger partial charge in [-0.3, -0.25) is 11.3 Å². The number of hydrogen-bond donors (Lipinski definition) is 2. The van der Waals surface area contributed by atoms with Crippen LogP contribution in [-0.4, -0.2) is 6.04 Å². The average molecular weight is 278 g/mol. The Labute approximate surface area is 117 Å². The summed E-state index contributed by atoms with van der Waals surface area (Å²) in [6.45, 7) is 0. The second-order valence-corrected chi connectivity index (χ2v) is 6.82. The fraction of sp³-hybridized carbons (Fsp3) is 0.625. The molecule has 4 heteroatoms. The predicted octanol–water partition coefficient (Wildman–Crippen LogP) is 2.63. The van der Waals surface area contributed by atoms with Gasteiger partial charge in [0.1, 0.15) is 11.6 Å². The zero-order chi connectivity index (χ0) is 13.9. The Bertz CT molecular complexity index is 497.